The number of hydrogen-bond acceptors (Lipinski definition) is 5. The van der Waals surface area contributed by atoms with Crippen LogP contribution in [-0.4, -0.2) is 54.5 Å². The van der Waals surface area contributed by atoms with Crippen molar-refractivity contribution in [2.45, 2.75) is 31.4 Å². The van der Waals surface area contributed by atoms with Gasteiger partial charge in [-0.15, -0.1) is 0 Å². The summed E-state index contributed by atoms with van der Waals surface area (Å²) in [7, 11) is 0. The summed E-state index contributed by atoms with van der Waals surface area (Å²) >= 11 is 0. The van der Waals surface area contributed by atoms with Gasteiger partial charge in [-0.2, -0.15) is 13.2 Å². The van der Waals surface area contributed by atoms with Gasteiger partial charge in [0, 0.05) is 43.3 Å². The van der Waals surface area contributed by atoms with E-state index in [-0.39, 0.29) is 17.9 Å². The molecule has 0 saturated carbocycles. The van der Waals surface area contributed by atoms with Crippen LogP contribution in [-0.2, 0) is 4.79 Å². The fourth-order valence-corrected chi connectivity index (χ4v) is 3.18. The molecule has 1 unspecified atom stereocenters. The topological polar surface area (TPSA) is 79.6 Å². The number of rotatable bonds is 11. The summed E-state index contributed by atoms with van der Waals surface area (Å²) < 4.78 is 69.8. The van der Waals surface area contributed by atoms with Crippen molar-refractivity contribution >= 4 is 19.3 Å². The summed E-state index contributed by atoms with van der Waals surface area (Å²) in [6.45, 7) is 3.69. The number of hydrogen-bond donors (Lipinski definition) is 1. The molecular formula is C22H22F5N5O. The van der Waals surface area contributed by atoms with Gasteiger partial charge in [-0.25, -0.2) is 18.7 Å². The van der Waals surface area contributed by atoms with Crippen LogP contribution in [0.2, 0.25) is 0 Å². The Bertz CT molecular complexity index is 1010. The lowest BCUT2D eigenvalue weighted by atomic mass is 9.85. The Hall–Kier alpha value is -3.50. The Kier molecular flexibility index (Phi) is 8.89. The number of benzene rings is 1. The second kappa shape index (κ2) is 11.4. The number of carbonyl (C=O) groups is 1. The van der Waals surface area contributed by atoms with E-state index in [9.17, 15) is 18.0 Å². The van der Waals surface area contributed by atoms with Gasteiger partial charge < -0.3 is 5.32 Å². The Labute approximate surface area is 187 Å². The molecule has 0 radical (unpaired) electrons. The monoisotopic (exact) mass is 467 g/mol. The highest BCUT2D eigenvalue weighted by molar-refractivity contribution is 5.80. The zero-order valence-electron chi connectivity index (χ0n) is 17.7. The molecule has 1 N–H and O–H groups in total. The molecule has 2 aromatic rings. The molecule has 1 atom stereocenters. The lowest BCUT2D eigenvalue weighted by Gasteiger charge is -2.28. The van der Waals surface area contributed by atoms with Crippen molar-refractivity contribution < 1.29 is 26.7 Å². The molecule has 2 rings (SSSR count). The number of allylic oxidation sites excluding steroid dienone is 1. The van der Waals surface area contributed by atoms with Crippen LogP contribution in [0.25, 0.3) is 11.4 Å². The van der Waals surface area contributed by atoms with Crippen LogP contribution in [0.5, 0.6) is 0 Å². The van der Waals surface area contributed by atoms with Gasteiger partial charge in [-0.1, -0.05) is 18.2 Å². The van der Waals surface area contributed by atoms with Gasteiger partial charge in [0.1, 0.15) is 0 Å². The Morgan fingerprint density at radius 2 is 1.88 bits per heavy atom. The number of halogens is 5. The van der Waals surface area contributed by atoms with E-state index in [1.54, 1.807) is 25.1 Å². The predicted octanol–water partition coefficient (Wildman–Crippen LogP) is 4.52. The van der Waals surface area contributed by atoms with E-state index in [4.69, 9.17) is 0 Å². The fourth-order valence-electron chi connectivity index (χ4n) is 3.18. The average Bonchev–Trinajstić information content (AvgIpc) is 2.75. The molecule has 0 aliphatic heterocycles. The van der Waals surface area contributed by atoms with Crippen molar-refractivity contribution in [2.75, 3.05) is 13.1 Å². The van der Waals surface area contributed by atoms with Gasteiger partial charge in [0.25, 0.3) is 5.92 Å². The van der Waals surface area contributed by atoms with Crippen molar-refractivity contribution in [3.63, 3.8) is 0 Å². The number of nitrogens with zero attached hydrogens (tertiary/aromatic N) is 4. The first-order valence-electron chi connectivity index (χ1n) is 9.76. The van der Waals surface area contributed by atoms with Gasteiger partial charge >= 0.3 is 6.18 Å². The first-order chi connectivity index (χ1) is 15.6. The van der Waals surface area contributed by atoms with Gasteiger partial charge in [0.2, 0.25) is 6.41 Å². The quantitative estimate of drug-likeness (QED) is 0.228. The Balaban J connectivity index is 2.54. The molecule has 1 heterocycles. The third-order valence-corrected chi connectivity index (χ3v) is 4.74. The van der Waals surface area contributed by atoms with Crippen LogP contribution >= 0.6 is 0 Å². The summed E-state index contributed by atoms with van der Waals surface area (Å²) in [6, 6.07) is 6.28. The van der Waals surface area contributed by atoms with E-state index in [0.717, 1.165) is 0 Å². The molecule has 1 aromatic heterocycles. The molecule has 33 heavy (non-hydrogen) atoms. The van der Waals surface area contributed by atoms with Gasteiger partial charge in [-0.05, 0) is 30.8 Å². The van der Waals surface area contributed by atoms with Crippen molar-refractivity contribution in [3.8, 4) is 11.4 Å². The first kappa shape index (κ1) is 25.8. The third-order valence-electron chi connectivity index (χ3n) is 4.74. The summed E-state index contributed by atoms with van der Waals surface area (Å²) in [4.78, 5) is 25.6. The first-order valence-corrected chi connectivity index (χ1v) is 9.76. The third kappa shape index (κ3) is 6.99. The van der Waals surface area contributed by atoms with E-state index in [0.29, 0.717) is 30.0 Å². The van der Waals surface area contributed by atoms with Gasteiger partial charge in [0.15, 0.2) is 5.82 Å². The second-order valence-electron chi connectivity index (χ2n) is 7.01. The largest absolute Gasteiger partial charge is 0.419 e. The van der Waals surface area contributed by atoms with E-state index in [1.165, 1.54) is 18.5 Å². The molecule has 0 bridgehead atoms. The molecule has 0 aliphatic rings. The van der Waals surface area contributed by atoms with Crippen LogP contribution < -0.4 is 5.32 Å². The van der Waals surface area contributed by atoms with Crippen molar-refractivity contribution in [1.29, 1.82) is 0 Å². The molecule has 0 saturated heterocycles. The minimum atomic E-state index is -4.77. The van der Waals surface area contributed by atoms with E-state index >= 15 is 8.78 Å². The highest BCUT2D eigenvalue weighted by Crippen LogP contribution is 2.41. The zero-order valence-corrected chi connectivity index (χ0v) is 17.7. The van der Waals surface area contributed by atoms with Crippen molar-refractivity contribution in [3.05, 3.63) is 59.6 Å². The zero-order chi connectivity index (χ0) is 24.5. The lowest BCUT2D eigenvalue weighted by Crippen LogP contribution is -2.33. The maximum Gasteiger partial charge on any atom is 0.419 e. The normalized spacial score (nSPS) is 13.7. The Morgan fingerprint density at radius 3 is 2.48 bits per heavy atom. The summed E-state index contributed by atoms with van der Waals surface area (Å²) in [5, 5.41) is 2.18. The summed E-state index contributed by atoms with van der Waals surface area (Å²) in [6.07, 6.45) is -1.40. The van der Waals surface area contributed by atoms with Crippen molar-refractivity contribution in [2.24, 2.45) is 9.98 Å². The molecule has 11 heteroatoms. The van der Waals surface area contributed by atoms with Gasteiger partial charge in [0.05, 0.1) is 18.0 Å². The average molecular weight is 467 g/mol. The lowest BCUT2D eigenvalue weighted by molar-refractivity contribution is -0.110. The number of amides is 1. The molecule has 1 amide bonds. The Morgan fingerprint density at radius 1 is 1.18 bits per heavy atom. The second-order valence-corrected chi connectivity index (χ2v) is 7.01. The van der Waals surface area contributed by atoms with Gasteiger partial charge in [-0.3, -0.25) is 14.8 Å². The van der Waals surface area contributed by atoms with E-state index in [2.05, 4.69) is 32.0 Å². The number of aryl methyl sites for hydroxylation is 1. The fraction of sp³-hybridized carbons (Fsp3) is 0.318. The van der Waals surface area contributed by atoms with E-state index < -0.39 is 36.6 Å². The molecule has 6 nitrogen and oxygen atoms in total. The van der Waals surface area contributed by atoms with Crippen LogP contribution in [0.3, 0.4) is 0 Å². The standard InChI is InChI=1S/C22H22F5N5O/c1-15-5-3-6-17(19(15)20-31-8-4-9-32-20)18(21(23,24)7-10-29-14-33)13-30-12-16(11-28-2)22(25,26)27/h3-6,8-9,11-12,14,18H,2,7,10,13H2,1H3,(H,29,33)/b16-11+,30-12-. The van der Waals surface area contributed by atoms with Crippen molar-refractivity contribution in [1.82, 2.24) is 15.3 Å². The summed E-state index contributed by atoms with van der Waals surface area (Å²) in [5.41, 5.74) is -0.131. The molecule has 176 valence electrons. The van der Waals surface area contributed by atoms with Crippen LogP contribution in [0, 0.1) is 6.92 Å². The smallest absolute Gasteiger partial charge is 0.358 e. The molecule has 1 aromatic carbocycles. The summed E-state index contributed by atoms with van der Waals surface area (Å²) in [5.74, 6) is -4.84. The molecular weight excluding hydrogens is 445 g/mol. The predicted molar refractivity (Wildman–Crippen MR) is 116 cm³/mol. The number of alkyl halides is 5. The minimum absolute atomic E-state index is 0.133. The molecule has 0 spiro atoms. The van der Waals surface area contributed by atoms with Crippen LogP contribution in [0.4, 0.5) is 22.0 Å². The number of nitrogens with one attached hydrogen (secondary N) is 1. The highest BCUT2D eigenvalue weighted by Gasteiger charge is 2.41. The number of carbonyl (C=O) groups excluding carboxylic acids is 1. The van der Waals surface area contributed by atoms with E-state index in [1.807, 2.05) is 0 Å². The number of aliphatic imine (C=N–C) groups is 2. The highest BCUT2D eigenvalue weighted by atomic mass is 19.4. The number of aromatic nitrogens is 2. The molecule has 0 fully saturated rings. The van der Waals surface area contributed by atoms with Crippen LogP contribution in [0.15, 0.2) is 58.4 Å². The minimum Gasteiger partial charge on any atom is -0.358 e. The SMILES string of the molecule is C=N/C=C(\C=N/CC(c1cccc(C)c1-c1ncccn1)C(F)(F)CCNC=O)C(F)(F)F. The maximum absolute atomic E-state index is 15.3. The van der Waals surface area contributed by atoms with Crippen LogP contribution in [0.1, 0.15) is 23.5 Å². The molecule has 0 aliphatic carbocycles. The maximum atomic E-state index is 15.3.